The molecule has 0 radical (unpaired) electrons. The Morgan fingerprint density at radius 2 is 1.40 bits per heavy atom. The minimum atomic E-state index is -0.177. The van der Waals surface area contributed by atoms with Crippen molar-refractivity contribution in [3.8, 4) is 0 Å². The summed E-state index contributed by atoms with van der Waals surface area (Å²) in [7, 11) is 0. The summed E-state index contributed by atoms with van der Waals surface area (Å²) >= 11 is 0. The van der Waals surface area contributed by atoms with Crippen molar-refractivity contribution in [3.05, 3.63) is 35.4 Å². The Morgan fingerprint density at radius 1 is 0.840 bits per heavy atom. The normalized spacial score (nSPS) is 12.5. The maximum Gasteiger partial charge on any atom is 0.239 e. The van der Waals surface area contributed by atoms with Crippen LogP contribution in [0.3, 0.4) is 0 Å². The van der Waals surface area contributed by atoms with Gasteiger partial charge in [-0.25, -0.2) is 0 Å². The van der Waals surface area contributed by atoms with E-state index >= 15 is 0 Å². The van der Waals surface area contributed by atoms with Crippen molar-refractivity contribution in [1.82, 2.24) is 16.0 Å². The maximum atomic E-state index is 12.0. The quantitative estimate of drug-likeness (QED) is 0.643. The average molecular weight is 348 g/mol. The Balaban J connectivity index is 2.55. The Hall–Kier alpha value is -1.88. The van der Waals surface area contributed by atoms with Crippen LogP contribution in [-0.4, -0.2) is 30.9 Å². The van der Waals surface area contributed by atoms with Crippen LogP contribution >= 0.6 is 0 Å². The SMILES string of the molecule is CC(C)NC(=O)CNC(=O)CN[C@@H](c1ccc(C(C)C)cc1)C(C)C. The highest BCUT2D eigenvalue weighted by atomic mass is 16.2. The molecule has 0 spiro atoms. The van der Waals surface area contributed by atoms with Gasteiger partial charge in [0.25, 0.3) is 0 Å². The first-order valence-electron chi connectivity index (χ1n) is 9.10. The van der Waals surface area contributed by atoms with Crippen LogP contribution in [0.4, 0.5) is 0 Å². The highest BCUT2D eigenvalue weighted by Gasteiger charge is 2.17. The molecule has 1 aromatic rings. The Kier molecular flexibility index (Phi) is 8.62. The lowest BCUT2D eigenvalue weighted by atomic mass is 9.93. The molecule has 0 saturated carbocycles. The second-order valence-corrected chi connectivity index (χ2v) is 7.42. The van der Waals surface area contributed by atoms with Gasteiger partial charge >= 0.3 is 0 Å². The van der Waals surface area contributed by atoms with E-state index in [1.165, 1.54) is 11.1 Å². The van der Waals surface area contributed by atoms with Gasteiger partial charge in [0, 0.05) is 12.1 Å². The molecular weight excluding hydrogens is 314 g/mol. The van der Waals surface area contributed by atoms with E-state index in [-0.39, 0.29) is 37.0 Å². The fourth-order valence-electron chi connectivity index (χ4n) is 2.64. The minimum absolute atomic E-state index is 0.00806. The lowest BCUT2D eigenvalue weighted by Gasteiger charge is -2.23. The summed E-state index contributed by atoms with van der Waals surface area (Å²) in [5.41, 5.74) is 2.48. The minimum Gasteiger partial charge on any atom is -0.352 e. The number of hydrogen-bond donors (Lipinski definition) is 3. The molecule has 2 amide bonds. The van der Waals surface area contributed by atoms with Crippen LogP contribution in [0.1, 0.15) is 64.6 Å². The molecule has 140 valence electrons. The van der Waals surface area contributed by atoms with Crippen molar-refractivity contribution >= 4 is 11.8 Å². The molecule has 0 aromatic heterocycles. The van der Waals surface area contributed by atoms with Crippen molar-refractivity contribution < 1.29 is 9.59 Å². The first-order chi connectivity index (χ1) is 11.7. The summed E-state index contributed by atoms with van der Waals surface area (Å²) in [6.45, 7) is 12.6. The van der Waals surface area contributed by atoms with Gasteiger partial charge in [0.05, 0.1) is 13.1 Å². The van der Waals surface area contributed by atoms with Crippen LogP contribution < -0.4 is 16.0 Å². The average Bonchev–Trinajstić information content (AvgIpc) is 2.52. The van der Waals surface area contributed by atoms with E-state index in [0.29, 0.717) is 11.8 Å². The molecule has 0 fully saturated rings. The number of carbonyl (C=O) groups excluding carboxylic acids is 2. The van der Waals surface area contributed by atoms with Crippen molar-refractivity contribution in [2.75, 3.05) is 13.1 Å². The number of benzene rings is 1. The molecule has 1 rings (SSSR count). The third kappa shape index (κ3) is 7.69. The van der Waals surface area contributed by atoms with Gasteiger partial charge in [-0.2, -0.15) is 0 Å². The molecule has 5 nitrogen and oxygen atoms in total. The van der Waals surface area contributed by atoms with Crippen molar-refractivity contribution in [3.63, 3.8) is 0 Å². The first-order valence-corrected chi connectivity index (χ1v) is 9.10. The molecule has 0 aliphatic rings. The van der Waals surface area contributed by atoms with Crippen molar-refractivity contribution in [2.45, 2.75) is 59.5 Å². The van der Waals surface area contributed by atoms with Crippen molar-refractivity contribution in [2.24, 2.45) is 5.92 Å². The second kappa shape index (κ2) is 10.2. The maximum absolute atomic E-state index is 12.0. The molecule has 0 bridgehead atoms. The standard InChI is InChI=1S/C20H33N3O2/c1-13(2)16-7-9-17(10-8-16)20(14(3)4)22-11-18(24)21-12-19(25)23-15(5)6/h7-10,13-15,20,22H,11-12H2,1-6H3,(H,21,24)(H,23,25)/t20-/m1/s1. The summed E-state index contributed by atoms with van der Waals surface area (Å²) in [6, 6.07) is 8.71. The molecule has 0 heterocycles. The third-order valence-corrected chi connectivity index (χ3v) is 4.01. The van der Waals surface area contributed by atoms with Crippen LogP contribution in [0, 0.1) is 5.92 Å². The number of amides is 2. The molecule has 25 heavy (non-hydrogen) atoms. The zero-order valence-electron chi connectivity index (χ0n) is 16.3. The van der Waals surface area contributed by atoms with Gasteiger partial charge in [-0.05, 0) is 36.8 Å². The van der Waals surface area contributed by atoms with Gasteiger partial charge in [-0.1, -0.05) is 52.0 Å². The molecule has 0 aliphatic heterocycles. The molecule has 1 aromatic carbocycles. The van der Waals surface area contributed by atoms with Crippen LogP contribution in [0.25, 0.3) is 0 Å². The van der Waals surface area contributed by atoms with Crippen LogP contribution in [-0.2, 0) is 9.59 Å². The zero-order valence-corrected chi connectivity index (χ0v) is 16.3. The number of rotatable bonds is 9. The fraction of sp³-hybridized carbons (Fsp3) is 0.600. The zero-order chi connectivity index (χ0) is 19.0. The predicted molar refractivity (Wildman–Crippen MR) is 102 cm³/mol. The van der Waals surface area contributed by atoms with Gasteiger partial charge in [0.2, 0.25) is 11.8 Å². The van der Waals surface area contributed by atoms with Gasteiger partial charge in [0.1, 0.15) is 0 Å². The lowest BCUT2D eigenvalue weighted by Crippen LogP contribution is -2.43. The van der Waals surface area contributed by atoms with E-state index in [9.17, 15) is 9.59 Å². The van der Waals surface area contributed by atoms with Crippen LogP contribution in [0.2, 0.25) is 0 Å². The number of hydrogen-bond acceptors (Lipinski definition) is 3. The topological polar surface area (TPSA) is 70.2 Å². The summed E-state index contributed by atoms with van der Waals surface area (Å²) in [6.07, 6.45) is 0. The van der Waals surface area contributed by atoms with Crippen molar-refractivity contribution in [1.29, 1.82) is 0 Å². The smallest absolute Gasteiger partial charge is 0.239 e. The summed E-state index contributed by atoms with van der Waals surface area (Å²) in [5, 5.41) is 8.70. The van der Waals surface area contributed by atoms with Gasteiger partial charge in [-0.15, -0.1) is 0 Å². The van der Waals surface area contributed by atoms with Crippen LogP contribution in [0.5, 0.6) is 0 Å². The summed E-state index contributed by atoms with van der Waals surface area (Å²) in [5.74, 6) is 0.501. The van der Waals surface area contributed by atoms with Gasteiger partial charge in [-0.3, -0.25) is 9.59 Å². The van der Waals surface area contributed by atoms with Crippen LogP contribution in [0.15, 0.2) is 24.3 Å². The number of carbonyl (C=O) groups is 2. The Morgan fingerprint density at radius 3 is 1.88 bits per heavy atom. The van der Waals surface area contributed by atoms with Gasteiger partial charge < -0.3 is 16.0 Å². The molecule has 0 aliphatic carbocycles. The molecule has 0 unspecified atom stereocenters. The Bertz CT molecular complexity index is 551. The highest BCUT2D eigenvalue weighted by molar-refractivity contribution is 5.85. The van der Waals surface area contributed by atoms with E-state index in [2.05, 4.69) is 67.9 Å². The molecule has 1 atom stereocenters. The first kappa shape index (κ1) is 21.2. The highest BCUT2D eigenvalue weighted by Crippen LogP contribution is 2.23. The Labute approximate surface area is 152 Å². The molecule has 5 heteroatoms. The number of nitrogens with one attached hydrogen (secondary N) is 3. The summed E-state index contributed by atoms with van der Waals surface area (Å²) in [4.78, 5) is 23.5. The lowest BCUT2D eigenvalue weighted by molar-refractivity contribution is -0.126. The fourth-order valence-corrected chi connectivity index (χ4v) is 2.64. The third-order valence-electron chi connectivity index (χ3n) is 4.01. The van der Waals surface area contributed by atoms with E-state index in [1.54, 1.807) is 0 Å². The predicted octanol–water partition coefficient (Wildman–Crippen LogP) is 2.74. The van der Waals surface area contributed by atoms with Gasteiger partial charge in [0.15, 0.2) is 0 Å². The molecular formula is C20H33N3O2. The van der Waals surface area contributed by atoms with E-state index in [0.717, 1.165) is 0 Å². The molecule has 0 saturated heterocycles. The monoisotopic (exact) mass is 347 g/mol. The summed E-state index contributed by atoms with van der Waals surface area (Å²) < 4.78 is 0. The second-order valence-electron chi connectivity index (χ2n) is 7.42. The van der Waals surface area contributed by atoms with E-state index in [1.807, 2.05) is 13.8 Å². The molecule has 3 N–H and O–H groups in total. The van der Waals surface area contributed by atoms with E-state index in [4.69, 9.17) is 0 Å². The van der Waals surface area contributed by atoms with E-state index < -0.39 is 0 Å². The largest absolute Gasteiger partial charge is 0.352 e.